The van der Waals surface area contributed by atoms with Crippen LogP contribution in [0.3, 0.4) is 0 Å². The first-order valence-corrected chi connectivity index (χ1v) is 20.1. The summed E-state index contributed by atoms with van der Waals surface area (Å²) in [7, 11) is 10.3. The van der Waals surface area contributed by atoms with Crippen LogP contribution in [0.5, 0.6) is 28.7 Å². The number of hydrogen-bond donors (Lipinski definition) is 2. The summed E-state index contributed by atoms with van der Waals surface area (Å²) in [6, 6.07) is 14.0. The molecule has 2 heterocycles. The van der Waals surface area contributed by atoms with Crippen molar-refractivity contribution in [1.29, 1.82) is 0 Å². The summed E-state index contributed by atoms with van der Waals surface area (Å²) in [6.07, 6.45) is 7.34. The number of aliphatic hydroxyl groups excluding tert-OH is 2. The van der Waals surface area contributed by atoms with Gasteiger partial charge in [0.05, 0.1) is 102 Å². The molecule has 2 atom stereocenters. The number of fused-ring (bicyclic) bond motifs is 1. The number of ether oxygens (including phenoxy) is 7. The van der Waals surface area contributed by atoms with Crippen molar-refractivity contribution in [3.63, 3.8) is 0 Å². The predicted molar refractivity (Wildman–Crippen MR) is 231 cm³/mol. The number of nitrogens with zero attached hydrogens (tertiary/aromatic N) is 2. The normalized spacial score (nSPS) is 17.8. The van der Waals surface area contributed by atoms with Crippen molar-refractivity contribution in [2.45, 2.75) is 64.3 Å². The molecule has 332 valence electrons. The van der Waals surface area contributed by atoms with Gasteiger partial charge >= 0.3 is 11.9 Å². The number of quaternary nitrogens is 2. The molecule has 0 saturated carbocycles. The Labute approximate surface area is 357 Å². The third kappa shape index (κ3) is 12.1. The standard InChI is InChI=1S/C45H62N2O11.2CH3/c1-46(20-15-34-27-35(30-48)36(31-49)28-37(34)38(46)23-32-11-12-39(52-2)40(24-32)53-3)16-9-21-57-43(50)13-14-44(51)58-22-10-19-47(17-7-8-18-47)29-33-25-41(54-4)45(56-6)42(26-33)55-5;;/h11-14,24-28,38,48-49H,7-10,15-23,29-31H2,1-6H3;2*1H3/q+2;2*-1/b14-13-;;/t38-,46-;;/m1../s1. The van der Waals surface area contributed by atoms with Crippen LogP contribution in [-0.2, 0) is 51.7 Å². The summed E-state index contributed by atoms with van der Waals surface area (Å²) in [5.74, 6) is 1.96. The van der Waals surface area contributed by atoms with Crippen LogP contribution in [0.2, 0.25) is 0 Å². The third-order valence-electron chi connectivity index (χ3n) is 11.9. The Bertz CT molecular complexity index is 1870. The smallest absolute Gasteiger partial charge is 0.331 e. The number of hydrogen-bond acceptors (Lipinski definition) is 11. The molecule has 2 aliphatic rings. The topological polar surface area (TPSA) is 139 Å². The Hall–Kier alpha value is -4.82. The van der Waals surface area contributed by atoms with E-state index >= 15 is 0 Å². The number of methoxy groups -OCH3 is 5. The fourth-order valence-electron chi connectivity index (χ4n) is 8.76. The number of carbonyl (C=O) groups is 2. The van der Waals surface area contributed by atoms with Gasteiger partial charge in [-0.15, -0.1) is 0 Å². The van der Waals surface area contributed by atoms with Crippen molar-refractivity contribution in [2.24, 2.45) is 0 Å². The van der Waals surface area contributed by atoms with Crippen molar-refractivity contribution in [3.05, 3.63) is 103 Å². The zero-order valence-electron chi connectivity index (χ0n) is 37.1. The third-order valence-corrected chi connectivity index (χ3v) is 11.9. The van der Waals surface area contributed by atoms with E-state index in [0.29, 0.717) is 52.5 Å². The first-order chi connectivity index (χ1) is 28.0. The molecule has 0 unspecified atom stereocenters. The largest absolute Gasteiger partial charge is 0.493 e. The van der Waals surface area contributed by atoms with Gasteiger partial charge in [0, 0.05) is 61.8 Å². The van der Waals surface area contributed by atoms with E-state index in [9.17, 15) is 19.8 Å². The first-order valence-electron chi connectivity index (χ1n) is 20.1. The van der Waals surface area contributed by atoms with Crippen molar-refractivity contribution in [1.82, 2.24) is 0 Å². The highest BCUT2D eigenvalue weighted by molar-refractivity contribution is 5.91. The van der Waals surface area contributed by atoms with Crippen LogP contribution in [0.15, 0.2) is 54.6 Å². The fraction of sp³-hybridized carbons (Fsp3) is 0.489. The number of benzene rings is 3. The Kier molecular flexibility index (Phi) is 19.2. The Morgan fingerprint density at radius 3 is 1.78 bits per heavy atom. The van der Waals surface area contributed by atoms with Crippen LogP contribution in [0.1, 0.15) is 65.1 Å². The lowest BCUT2D eigenvalue weighted by Crippen LogP contribution is -2.52. The maximum atomic E-state index is 12.6. The van der Waals surface area contributed by atoms with Crippen LogP contribution in [0.4, 0.5) is 0 Å². The van der Waals surface area contributed by atoms with Gasteiger partial charge in [0.25, 0.3) is 0 Å². The second-order valence-corrected chi connectivity index (χ2v) is 15.5. The predicted octanol–water partition coefficient (Wildman–Crippen LogP) is 6.13. The van der Waals surface area contributed by atoms with Gasteiger partial charge < -0.3 is 67.2 Å². The lowest BCUT2D eigenvalue weighted by molar-refractivity contribution is -0.941. The van der Waals surface area contributed by atoms with E-state index in [1.807, 2.05) is 42.5 Å². The zero-order chi connectivity index (χ0) is 41.7. The molecule has 0 amide bonds. The molecule has 1 saturated heterocycles. The average Bonchev–Trinajstić information content (AvgIpc) is 3.71. The number of carbonyl (C=O) groups excluding carboxylic acids is 2. The van der Waals surface area contributed by atoms with Gasteiger partial charge in [-0.1, -0.05) is 12.1 Å². The number of likely N-dealkylation sites (N-methyl/N-ethyl adjacent to an activating group) is 1. The molecule has 0 spiro atoms. The van der Waals surface area contributed by atoms with E-state index in [1.165, 1.54) is 5.56 Å². The summed E-state index contributed by atoms with van der Waals surface area (Å²) < 4.78 is 40.2. The molecule has 13 nitrogen and oxygen atoms in total. The van der Waals surface area contributed by atoms with Crippen molar-refractivity contribution >= 4 is 11.9 Å². The van der Waals surface area contributed by atoms with Crippen LogP contribution < -0.4 is 23.7 Å². The highest BCUT2D eigenvalue weighted by Gasteiger charge is 2.39. The van der Waals surface area contributed by atoms with E-state index in [1.54, 1.807) is 35.5 Å². The minimum absolute atomic E-state index is 0. The summed E-state index contributed by atoms with van der Waals surface area (Å²) in [6.45, 7) is 5.45. The fourth-order valence-corrected chi connectivity index (χ4v) is 8.76. The molecule has 0 bridgehead atoms. The SMILES string of the molecule is COc1ccc(C[C@@H]2c3cc(CO)c(CO)cc3CC[N@@+]2(C)CCCOC(=O)/C=C\C(=O)OCCC[N+]2(Cc3cc(OC)c(OC)c(OC)c3)CCCC2)cc1OC.[CH3-].[CH3-]. The number of esters is 2. The number of rotatable bonds is 21. The Balaban J connectivity index is 0.00000480. The molecule has 3 aromatic carbocycles. The number of aliphatic hydroxyl groups is 2. The minimum Gasteiger partial charge on any atom is -0.493 e. The molecule has 13 heteroatoms. The minimum atomic E-state index is -0.596. The first kappa shape index (κ1) is 49.5. The van der Waals surface area contributed by atoms with Gasteiger partial charge in [-0.2, -0.15) is 0 Å². The second-order valence-electron chi connectivity index (χ2n) is 15.5. The Morgan fingerprint density at radius 2 is 1.23 bits per heavy atom. The molecule has 0 radical (unpaired) electrons. The zero-order valence-corrected chi connectivity index (χ0v) is 37.1. The molecule has 0 aliphatic carbocycles. The summed E-state index contributed by atoms with van der Waals surface area (Å²) >= 11 is 0. The van der Waals surface area contributed by atoms with Crippen molar-refractivity contribution < 1.29 is 61.9 Å². The molecule has 2 aliphatic heterocycles. The summed E-state index contributed by atoms with van der Waals surface area (Å²) in [5.41, 5.74) is 5.93. The van der Waals surface area contributed by atoms with E-state index in [2.05, 4.69) is 7.05 Å². The lowest BCUT2D eigenvalue weighted by atomic mass is 9.84. The molecule has 1 fully saturated rings. The van der Waals surface area contributed by atoms with Crippen molar-refractivity contribution in [2.75, 3.05) is 88.5 Å². The number of likely N-dealkylation sites (tertiary alicyclic amines) is 1. The van der Waals surface area contributed by atoms with Gasteiger partial charge in [-0.25, -0.2) is 9.59 Å². The lowest BCUT2D eigenvalue weighted by Gasteiger charge is -2.46. The van der Waals surface area contributed by atoms with Crippen LogP contribution in [0.25, 0.3) is 0 Å². The van der Waals surface area contributed by atoms with Gasteiger partial charge in [0.1, 0.15) is 12.6 Å². The van der Waals surface area contributed by atoms with E-state index in [-0.39, 0.29) is 47.3 Å². The molecule has 3 aromatic rings. The monoisotopic (exact) mass is 836 g/mol. The van der Waals surface area contributed by atoms with Gasteiger partial charge in [-0.3, -0.25) is 0 Å². The highest BCUT2D eigenvalue weighted by Crippen LogP contribution is 2.41. The summed E-state index contributed by atoms with van der Waals surface area (Å²) in [4.78, 5) is 25.2. The maximum Gasteiger partial charge on any atom is 0.331 e. The van der Waals surface area contributed by atoms with E-state index < -0.39 is 11.9 Å². The maximum absolute atomic E-state index is 12.6. The Morgan fingerprint density at radius 1 is 0.683 bits per heavy atom. The molecular formula is C47H68N2O11. The van der Waals surface area contributed by atoms with Gasteiger partial charge in [-0.05, 0) is 52.6 Å². The van der Waals surface area contributed by atoms with Crippen LogP contribution in [-0.4, -0.2) is 120 Å². The average molecular weight is 837 g/mol. The second kappa shape index (κ2) is 23.3. The summed E-state index contributed by atoms with van der Waals surface area (Å²) in [5, 5.41) is 20.1. The van der Waals surface area contributed by atoms with E-state index in [4.69, 9.17) is 33.2 Å². The molecular weight excluding hydrogens is 769 g/mol. The molecule has 60 heavy (non-hydrogen) atoms. The van der Waals surface area contributed by atoms with Crippen LogP contribution >= 0.6 is 0 Å². The van der Waals surface area contributed by atoms with Gasteiger partial charge in [0.15, 0.2) is 23.0 Å². The van der Waals surface area contributed by atoms with E-state index in [0.717, 1.165) is 103 Å². The van der Waals surface area contributed by atoms with Gasteiger partial charge in [0.2, 0.25) is 5.75 Å². The molecule has 0 aromatic heterocycles. The highest BCUT2D eigenvalue weighted by atomic mass is 16.5. The molecule has 2 N–H and O–H groups in total. The quantitative estimate of drug-likeness (QED) is 0.0421. The van der Waals surface area contributed by atoms with Crippen molar-refractivity contribution in [3.8, 4) is 28.7 Å². The van der Waals surface area contributed by atoms with Crippen LogP contribution in [0, 0.1) is 14.9 Å². The molecule has 5 rings (SSSR count).